The largest absolute Gasteiger partial charge is 0.350 e. The molecule has 3 unspecified atom stereocenters. The number of nitriles is 2. The summed E-state index contributed by atoms with van der Waals surface area (Å²) in [6.07, 6.45) is -1.23. The van der Waals surface area contributed by atoms with Crippen LogP contribution in [0.3, 0.4) is 0 Å². The normalized spacial score (nSPS) is 22.4. The highest BCUT2D eigenvalue weighted by Gasteiger charge is 2.34. The van der Waals surface area contributed by atoms with Crippen molar-refractivity contribution in [3.63, 3.8) is 0 Å². The number of rotatable bonds is 4. The van der Waals surface area contributed by atoms with Crippen LogP contribution in [0.25, 0.3) is 10.9 Å². The summed E-state index contributed by atoms with van der Waals surface area (Å²) in [4.78, 5) is 39.8. The van der Waals surface area contributed by atoms with Gasteiger partial charge in [-0.3, -0.25) is 14.2 Å². The molecule has 1 aromatic carbocycles. The molecule has 1 amide bonds. The number of benzene rings is 1. The van der Waals surface area contributed by atoms with Crippen LogP contribution in [-0.2, 0) is 11.3 Å². The summed E-state index contributed by atoms with van der Waals surface area (Å²) in [6, 6.07) is 7.08. The summed E-state index contributed by atoms with van der Waals surface area (Å²) < 4.78 is 15.0. The Morgan fingerprint density at radius 3 is 2.83 bits per heavy atom. The van der Waals surface area contributed by atoms with Gasteiger partial charge >= 0.3 is 5.69 Å². The molecule has 3 rings (SSSR count). The number of hydrogen-bond donors (Lipinski definition) is 3. The van der Waals surface area contributed by atoms with E-state index in [4.69, 9.17) is 5.26 Å². The number of carbonyl (C=O) groups is 1. The third-order valence-electron chi connectivity index (χ3n) is 5.04. The maximum Gasteiger partial charge on any atom is 0.329 e. The fraction of sp³-hybridized carbons (Fsp3) is 0.421. The van der Waals surface area contributed by atoms with Crippen LogP contribution >= 0.6 is 0 Å². The Morgan fingerprint density at radius 1 is 1.41 bits per heavy atom. The Labute approximate surface area is 164 Å². The summed E-state index contributed by atoms with van der Waals surface area (Å²) in [7, 11) is 0. The van der Waals surface area contributed by atoms with Crippen molar-refractivity contribution in [2.24, 2.45) is 5.92 Å². The highest BCUT2D eigenvalue weighted by Crippen LogP contribution is 2.19. The van der Waals surface area contributed by atoms with Crippen molar-refractivity contribution in [2.45, 2.75) is 38.1 Å². The minimum atomic E-state index is -1.31. The van der Waals surface area contributed by atoms with Gasteiger partial charge in [0.25, 0.3) is 5.56 Å². The topological polar surface area (TPSA) is 144 Å². The van der Waals surface area contributed by atoms with Gasteiger partial charge in [0.2, 0.25) is 5.91 Å². The lowest BCUT2D eigenvalue weighted by atomic mass is 9.90. The molecule has 2 aromatic rings. The number of fused-ring (bicyclic) bond motifs is 1. The van der Waals surface area contributed by atoms with Gasteiger partial charge in [-0.25, -0.2) is 9.18 Å². The molecule has 3 N–H and O–H groups in total. The number of nitrogens with one attached hydrogen (secondary N) is 3. The zero-order valence-corrected chi connectivity index (χ0v) is 15.6. The summed E-state index contributed by atoms with van der Waals surface area (Å²) in [5.74, 6) is -1.07. The predicted molar refractivity (Wildman–Crippen MR) is 102 cm³/mol. The van der Waals surface area contributed by atoms with Gasteiger partial charge in [-0.2, -0.15) is 10.5 Å². The van der Waals surface area contributed by atoms with Gasteiger partial charge < -0.3 is 15.6 Å². The second-order valence-corrected chi connectivity index (χ2v) is 7.03. The number of carbonyl (C=O) groups excluding carboxylic acids is 1. The van der Waals surface area contributed by atoms with Crippen LogP contribution in [0.1, 0.15) is 18.9 Å². The first-order valence-corrected chi connectivity index (χ1v) is 9.08. The van der Waals surface area contributed by atoms with E-state index in [1.165, 1.54) is 18.2 Å². The Bertz CT molecular complexity index is 1140. The highest BCUT2D eigenvalue weighted by molar-refractivity contribution is 5.84. The Morgan fingerprint density at radius 2 is 2.17 bits per heavy atom. The molecule has 1 fully saturated rings. The zero-order chi connectivity index (χ0) is 21.1. The lowest BCUT2D eigenvalue weighted by Crippen LogP contribution is -2.57. The fourth-order valence-corrected chi connectivity index (χ4v) is 3.56. The maximum atomic E-state index is 14.3. The second-order valence-electron chi connectivity index (χ2n) is 7.03. The molecule has 0 spiro atoms. The molecule has 0 bridgehead atoms. The zero-order valence-electron chi connectivity index (χ0n) is 15.6. The van der Waals surface area contributed by atoms with Gasteiger partial charge in [-0.05, 0) is 25.5 Å². The molecule has 0 saturated carbocycles. The molecular formula is C19H19FN6O3. The first-order chi connectivity index (χ1) is 13.8. The van der Waals surface area contributed by atoms with E-state index in [9.17, 15) is 24.0 Å². The number of hydrogen-bond acceptors (Lipinski definition) is 6. The molecule has 1 saturated heterocycles. The molecule has 9 nitrogen and oxygen atoms in total. The minimum absolute atomic E-state index is 0.0239. The Hall–Kier alpha value is -3.50. The second kappa shape index (κ2) is 8.25. The Balaban J connectivity index is 1.79. The molecule has 10 heteroatoms. The molecule has 0 aliphatic carbocycles. The molecular weight excluding hydrogens is 379 g/mol. The van der Waals surface area contributed by atoms with E-state index in [0.717, 1.165) is 0 Å². The predicted octanol–water partition coefficient (Wildman–Crippen LogP) is -0.0940. The first-order valence-electron chi connectivity index (χ1n) is 9.08. The molecule has 1 aliphatic rings. The van der Waals surface area contributed by atoms with Crippen molar-refractivity contribution in [3.05, 3.63) is 44.6 Å². The van der Waals surface area contributed by atoms with Crippen molar-refractivity contribution in [1.29, 1.82) is 10.5 Å². The van der Waals surface area contributed by atoms with Gasteiger partial charge in [0, 0.05) is 12.6 Å². The number of halogens is 1. The van der Waals surface area contributed by atoms with Crippen LogP contribution in [-0.4, -0.2) is 40.3 Å². The van der Waals surface area contributed by atoms with E-state index in [-0.39, 0.29) is 22.9 Å². The quantitative estimate of drug-likeness (QED) is 0.656. The van der Waals surface area contributed by atoms with Crippen LogP contribution in [0.5, 0.6) is 0 Å². The van der Waals surface area contributed by atoms with E-state index < -0.39 is 47.9 Å². The fourth-order valence-electron chi connectivity index (χ4n) is 3.56. The number of H-pyrrole nitrogens is 1. The van der Waals surface area contributed by atoms with Crippen molar-refractivity contribution < 1.29 is 9.18 Å². The average Bonchev–Trinajstić information content (AvgIpc) is 2.70. The number of alkyl halides is 1. The smallest absolute Gasteiger partial charge is 0.329 e. The summed E-state index contributed by atoms with van der Waals surface area (Å²) in [5, 5.41) is 23.6. The highest BCUT2D eigenvalue weighted by atomic mass is 19.1. The lowest BCUT2D eigenvalue weighted by Gasteiger charge is -2.34. The molecule has 4 atom stereocenters. The Kier molecular flexibility index (Phi) is 5.76. The van der Waals surface area contributed by atoms with E-state index >= 15 is 0 Å². The van der Waals surface area contributed by atoms with Gasteiger partial charge in [0.1, 0.15) is 18.8 Å². The van der Waals surface area contributed by atoms with E-state index in [0.29, 0.717) is 11.1 Å². The molecule has 150 valence electrons. The average molecular weight is 398 g/mol. The van der Waals surface area contributed by atoms with Gasteiger partial charge in [0.05, 0.1) is 34.5 Å². The third-order valence-corrected chi connectivity index (χ3v) is 5.04. The lowest BCUT2D eigenvalue weighted by molar-refractivity contribution is -0.122. The van der Waals surface area contributed by atoms with Crippen LogP contribution in [0, 0.1) is 28.6 Å². The third kappa shape index (κ3) is 4.03. The van der Waals surface area contributed by atoms with Crippen molar-refractivity contribution >= 4 is 16.8 Å². The summed E-state index contributed by atoms with van der Waals surface area (Å²) in [5.41, 5.74) is -1.23. The number of amides is 1. The first kappa shape index (κ1) is 20.2. The van der Waals surface area contributed by atoms with Crippen molar-refractivity contribution in [1.82, 2.24) is 20.2 Å². The minimum Gasteiger partial charge on any atom is -0.350 e. The molecule has 1 aliphatic heterocycles. The number of piperidine rings is 1. The van der Waals surface area contributed by atoms with Crippen molar-refractivity contribution in [2.75, 3.05) is 6.54 Å². The maximum absolute atomic E-state index is 14.3. The van der Waals surface area contributed by atoms with E-state index in [1.54, 1.807) is 6.92 Å². The van der Waals surface area contributed by atoms with Gasteiger partial charge in [-0.15, -0.1) is 0 Å². The van der Waals surface area contributed by atoms with Gasteiger partial charge in [0.15, 0.2) is 0 Å². The molecule has 0 radical (unpaired) electrons. The molecule has 29 heavy (non-hydrogen) atoms. The number of aromatic amines is 1. The van der Waals surface area contributed by atoms with Gasteiger partial charge in [-0.1, -0.05) is 6.07 Å². The summed E-state index contributed by atoms with van der Waals surface area (Å²) in [6.45, 7) is 1.36. The number of nitrogens with zero attached hydrogens (tertiary/aromatic N) is 3. The van der Waals surface area contributed by atoms with Crippen LogP contribution < -0.4 is 21.9 Å². The van der Waals surface area contributed by atoms with E-state index in [1.807, 2.05) is 12.1 Å². The van der Waals surface area contributed by atoms with Crippen LogP contribution in [0.2, 0.25) is 0 Å². The molecule has 1 aromatic heterocycles. The number of aromatic nitrogens is 2. The summed E-state index contributed by atoms with van der Waals surface area (Å²) >= 11 is 0. The van der Waals surface area contributed by atoms with Crippen molar-refractivity contribution in [3.8, 4) is 12.1 Å². The molecule has 2 heterocycles. The monoisotopic (exact) mass is 398 g/mol. The SMILES string of the molecule is C[C@H](NC(=O)Cn1c(=O)[nH]c2cccc(C#N)c2c1=O)C1NCC(C#N)CC1F. The van der Waals surface area contributed by atoms with Crippen LogP contribution in [0.4, 0.5) is 4.39 Å². The van der Waals surface area contributed by atoms with E-state index in [2.05, 4.69) is 15.6 Å². The standard InChI is InChI=1S/C19H19FN6O3/c1-10(17-13(20)5-11(6-21)8-23-17)24-15(27)9-26-18(28)16-12(7-22)3-2-4-14(16)25-19(26)29/h2-4,10-11,13,17,23H,5,8-9H2,1H3,(H,24,27)(H,25,29)/t10-,11?,13?,17?/m0/s1. The van der Waals surface area contributed by atoms with Crippen LogP contribution in [0.15, 0.2) is 27.8 Å².